The first-order valence-corrected chi connectivity index (χ1v) is 10.2. The van der Waals surface area contributed by atoms with Gasteiger partial charge in [0.05, 0.1) is 45.7 Å². The smallest absolute Gasteiger partial charge is 0.508 e. The predicted octanol–water partition coefficient (Wildman–Crippen LogP) is 1.89. The molecule has 33 heavy (non-hydrogen) atoms. The van der Waals surface area contributed by atoms with Gasteiger partial charge in [-0.05, 0) is 24.1 Å². The molecule has 10 nitrogen and oxygen atoms in total. The zero-order valence-corrected chi connectivity index (χ0v) is 17.8. The normalized spacial score (nSPS) is 17.2. The van der Waals surface area contributed by atoms with E-state index in [0.29, 0.717) is 18.5 Å². The summed E-state index contributed by atoms with van der Waals surface area (Å²) in [6.45, 7) is 0.682. The Morgan fingerprint density at radius 2 is 1.67 bits per heavy atom. The van der Waals surface area contributed by atoms with Gasteiger partial charge in [0.15, 0.2) is 0 Å². The van der Waals surface area contributed by atoms with E-state index in [4.69, 9.17) is 19.3 Å². The van der Waals surface area contributed by atoms with Crippen LogP contribution in [0.25, 0.3) is 0 Å². The Kier molecular flexibility index (Phi) is 10.6. The van der Waals surface area contributed by atoms with Gasteiger partial charge in [-0.3, -0.25) is 9.53 Å². The number of hydrogen-bond acceptors (Lipinski definition) is 7. The molecule has 0 aliphatic carbocycles. The van der Waals surface area contributed by atoms with Crippen molar-refractivity contribution in [1.29, 1.82) is 0 Å². The van der Waals surface area contributed by atoms with Gasteiger partial charge in [0.25, 0.3) is 0 Å². The fraction of sp³-hybridized carbons (Fsp3) is 0.600. The molecule has 0 spiro atoms. The van der Waals surface area contributed by atoms with Gasteiger partial charge in [0.1, 0.15) is 11.8 Å². The first-order chi connectivity index (χ1) is 15.7. The Bertz CT molecular complexity index is 748. The number of phenolic OH excluding ortho intramolecular Hbond substituents is 1. The number of carbonyl (C=O) groups is 2. The van der Waals surface area contributed by atoms with Gasteiger partial charge in [0, 0.05) is 13.1 Å². The number of nitrogens with one attached hydrogen (secondary N) is 1. The molecule has 1 aliphatic rings. The first-order valence-electron chi connectivity index (χ1n) is 10.2. The molecular formula is C20H27F3N2O8. The van der Waals surface area contributed by atoms with Crippen molar-refractivity contribution in [3.63, 3.8) is 0 Å². The number of hydrogen-bond donors (Lipinski definition) is 3. The predicted molar refractivity (Wildman–Crippen MR) is 107 cm³/mol. The van der Waals surface area contributed by atoms with E-state index < -0.39 is 31.0 Å². The number of aromatic hydroxyl groups is 1. The minimum absolute atomic E-state index is 0.000776. The van der Waals surface area contributed by atoms with Crippen LogP contribution in [0.5, 0.6) is 5.75 Å². The summed E-state index contributed by atoms with van der Waals surface area (Å²) in [5.41, 5.74) is 0.408. The Morgan fingerprint density at radius 1 is 1.06 bits per heavy atom. The number of ether oxygens (including phenoxy) is 4. The summed E-state index contributed by atoms with van der Waals surface area (Å²) in [7, 11) is 0. The quantitative estimate of drug-likeness (QED) is 0.366. The highest BCUT2D eigenvalue weighted by Gasteiger charge is 2.33. The fourth-order valence-electron chi connectivity index (χ4n) is 3.14. The topological polar surface area (TPSA) is 127 Å². The molecule has 2 atom stereocenters. The molecule has 2 rings (SSSR count). The number of nitrogens with zero attached hydrogens (tertiary/aromatic N) is 1. The van der Waals surface area contributed by atoms with Crippen molar-refractivity contribution in [2.75, 3.05) is 52.7 Å². The van der Waals surface area contributed by atoms with Crippen LogP contribution >= 0.6 is 0 Å². The number of rotatable bonds is 13. The molecule has 0 unspecified atom stereocenters. The molecule has 1 saturated heterocycles. The average molecular weight is 480 g/mol. The summed E-state index contributed by atoms with van der Waals surface area (Å²) in [5, 5.41) is 20.7. The van der Waals surface area contributed by atoms with Crippen LogP contribution in [-0.2, 0) is 23.7 Å². The Morgan fingerprint density at radius 3 is 2.27 bits per heavy atom. The molecule has 3 N–H and O–H groups in total. The molecular weight excluding hydrogens is 453 g/mol. The second kappa shape index (κ2) is 13.2. The van der Waals surface area contributed by atoms with E-state index >= 15 is 0 Å². The van der Waals surface area contributed by atoms with E-state index in [-0.39, 0.29) is 51.4 Å². The summed E-state index contributed by atoms with van der Waals surface area (Å²) in [6, 6.07) is 4.59. The zero-order chi connectivity index (χ0) is 24.3. The number of likely N-dealkylation sites (tertiary alicyclic amines) is 1. The van der Waals surface area contributed by atoms with Crippen LogP contribution in [-0.4, -0.2) is 92.3 Å². The molecule has 0 aromatic heterocycles. The molecule has 1 aromatic carbocycles. The number of benzene rings is 1. The molecule has 0 bridgehead atoms. The van der Waals surface area contributed by atoms with Crippen molar-refractivity contribution >= 4 is 12.0 Å². The average Bonchev–Trinajstić information content (AvgIpc) is 3.21. The maximum atomic E-state index is 12.9. The standard InChI is InChI=1S/C20H27F3N2O8/c21-20(22,23)33-12-10-31-8-7-30-9-11-32-16-5-6-25(13-16)18(27)17(24-19(28)29)14-1-3-15(26)4-2-14/h1-4,16-17,24,26H,5-13H2,(H,28,29)/t16-,17-/m0/s1. The summed E-state index contributed by atoms with van der Waals surface area (Å²) >= 11 is 0. The Hall–Kier alpha value is -2.61. The molecule has 1 fully saturated rings. The van der Waals surface area contributed by atoms with E-state index in [1.54, 1.807) is 0 Å². The molecule has 0 saturated carbocycles. The van der Waals surface area contributed by atoms with Gasteiger partial charge >= 0.3 is 12.5 Å². The minimum atomic E-state index is -4.67. The van der Waals surface area contributed by atoms with Crippen molar-refractivity contribution < 1.29 is 51.9 Å². The fourth-order valence-corrected chi connectivity index (χ4v) is 3.14. The van der Waals surface area contributed by atoms with Gasteiger partial charge in [-0.2, -0.15) is 0 Å². The molecule has 1 aliphatic heterocycles. The van der Waals surface area contributed by atoms with E-state index in [0.717, 1.165) is 0 Å². The summed E-state index contributed by atoms with van der Waals surface area (Å²) in [5.74, 6) is -0.420. The van der Waals surface area contributed by atoms with Crippen molar-refractivity contribution in [3.8, 4) is 5.75 Å². The lowest BCUT2D eigenvalue weighted by molar-refractivity contribution is -0.327. The third-order valence-corrected chi connectivity index (χ3v) is 4.64. The van der Waals surface area contributed by atoms with Crippen LogP contribution in [0.15, 0.2) is 24.3 Å². The second-order valence-electron chi connectivity index (χ2n) is 7.06. The number of amides is 2. The highest BCUT2D eigenvalue weighted by molar-refractivity contribution is 5.86. The van der Waals surface area contributed by atoms with E-state index in [9.17, 15) is 27.9 Å². The Balaban J connectivity index is 1.64. The second-order valence-corrected chi connectivity index (χ2v) is 7.06. The maximum absolute atomic E-state index is 12.9. The molecule has 1 aromatic rings. The monoisotopic (exact) mass is 480 g/mol. The molecule has 0 radical (unpaired) electrons. The highest BCUT2D eigenvalue weighted by atomic mass is 19.4. The van der Waals surface area contributed by atoms with Crippen LogP contribution in [0.4, 0.5) is 18.0 Å². The lowest BCUT2D eigenvalue weighted by Crippen LogP contribution is -2.42. The number of phenols is 1. The number of halogens is 3. The largest absolute Gasteiger partial charge is 0.522 e. The number of carbonyl (C=O) groups excluding carboxylic acids is 1. The maximum Gasteiger partial charge on any atom is 0.522 e. The SMILES string of the molecule is O=C(O)N[C@H](C(=O)N1CC[C@H](OCCOCCOCCOC(F)(F)F)C1)c1ccc(O)cc1. The van der Waals surface area contributed by atoms with Gasteiger partial charge in [-0.25, -0.2) is 4.79 Å². The molecule has 1 heterocycles. The summed E-state index contributed by atoms with van der Waals surface area (Å²) < 4.78 is 54.8. The molecule has 186 valence electrons. The molecule has 13 heteroatoms. The lowest BCUT2D eigenvalue weighted by Gasteiger charge is -2.24. The first kappa shape index (κ1) is 26.6. The van der Waals surface area contributed by atoms with E-state index in [1.807, 2.05) is 0 Å². The number of alkyl halides is 3. The van der Waals surface area contributed by atoms with E-state index in [1.165, 1.54) is 29.2 Å². The minimum Gasteiger partial charge on any atom is -0.508 e. The van der Waals surface area contributed by atoms with Crippen molar-refractivity contribution in [2.24, 2.45) is 0 Å². The lowest BCUT2D eigenvalue weighted by atomic mass is 10.1. The van der Waals surface area contributed by atoms with Gasteiger partial charge < -0.3 is 34.6 Å². The highest BCUT2D eigenvalue weighted by Crippen LogP contribution is 2.22. The Labute approximate surface area is 188 Å². The van der Waals surface area contributed by atoms with Crippen LogP contribution in [0, 0.1) is 0 Å². The van der Waals surface area contributed by atoms with Crippen LogP contribution in [0.1, 0.15) is 18.0 Å². The van der Waals surface area contributed by atoms with Crippen LogP contribution in [0.3, 0.4) is 0 Å². The van der Waals surface area contributed by atoms with Crippen molar-refractivity contribution in [1.82, 2.24) is 10.2 Å². The van der Waals surface area contributed by atoms with Crippen LogP contribution < -0.4 is 5.32 Å². The third-order valence-electron chi connectivity index (χ3n) is 4.64. The van der Waals surface area contributed by atoms with E-state index in [2.05, 4.69) is 10.1 Å². The van der Waals surface area contributed by atoms with Gasteiger partial charge in [0.2, 0.25) is 5.91 Å². The van der Waals surface area contributed by atoms with Crippen molar-refractivity contribution in [3.05, 3.63) is 29.8 Å². The van der Waals surface area contributed by atoms with Crippen molar-refractivity contribution in [2.45, 2.75) is 24.9 Å². The summed E-state index contributed by atoms with van der Waals surface area (Å²) in [6.07, 6.45) is -5.68. The van der Waals surface area contributed by atoms with Crippen LogP contribution in [0.2, 0.25) is 0 Å². The third kappa shape index (κ3) is 10.2. The molecule has 2 amide bonds. The number of carboxylic acid groups (broad SMARTS) is 1. The zero-order valence-electron chi connectivity index (χ0n) is 17.8. The van der Waals surface area contributed by atoms with Gasteiger partial charge in [-0.15, -0.1) is 13.2 Å². The van der Waals surface area contributed by atoms with Gasteiger partial charge in [-0.1, -0.05) is 12.1 Å². The summed E-state index contributed by atoms with van der Waals surface area (Å²) in [4.78, 5) is 25.5.